The summed E-state index contributed by atoms with van der Waals surface area (Å²) in [5, 5.41) is 0. The van der Waals surface area contributed by atoms with Crippen LogP contribution in [0, 0.1) is 0 Å². The number of nitrogens with zero attached hydrogens (tertiary/aromatic N) is 1. The molecular formula is C13H26N2OS. The van der Waals surface area contributed by atoms with Gasteiger partial charge in [-0.05, 0) is 44.4 Å². The van der Waals surface area contributed by atoms with E-state index in [1.807, 2.05) is 7.11 Å². The Labute approximate surface area is 109 Å². The summed E-state index contributed by atoms with van der Waals surface area (Å²) in [6.45, 7) is 3.22. The first kappa shape index (κ1) is 13.7. The van der Waals surface area contributed by atoms with E-state index in [1.54, 1.807) is 0 Å². The largest absolute Gasteiger partial charge is 0.381 e. The van der Waals surface area contributed by atoms with E-state index >= 15 is 0 Å². The molecule has 1 saturated carbocycles. The first-order valence-corrected chi connectivity index (χ1v) is 8.02. The minimum atomic E-state index is 0.226. The molecule has 2 aliphatic rings. The van der Waals surface area contributed by atoms with Crippen LogP contribution in [0.4, 0.5) is 0 Å². The first-order valence-electron chi connectivity index (χ1n) is 6.86. The van der Waals surface area contributed by atoms with Crippen molar-refractivity contribution in [1.82, 2.24) is 4.90 Å². The van der Waals surface area contributed by atoms with Gasteiger partial charge in [0.2, 0.25) is 0 Å². The molecule has 2 atom stereocenters. The first-order chi connectivity index (χ1) is 8.30. The van der Waals surface area contributed by atoms with E-state index in [1.165, 1.54) is 50.3 Å². The highest BCUT2D eigenvalue weighted by Gasteiger charge is 2.40. The predicted octanol–water partition coefficient (Wildman–Crippen LogP) is 1.71. The third-order valence-electron chi connectivity index (χ3n) is 4.38. The van der Waals surface area contributed by atoms with Crippen molar-refractivity contribution in [3.8, 4) is 0 Å². The number of hydrogen-bond donors (Lipinski definition) is 1. The predicted molar refractivity (Wildman–Crippen MR) is 74.6 cm³/mol. The normalized spacial score (nSPS) is 36.7. The van der Waals surface area contributed by atoms with Crippen molar-refractivity contribution in [2.75, 3.05) is 38.2 Å². The zero-order chi connectivity index (χ0) is 12.1. The molecule has 17 heavy (non-hydrogen) atoms. The Bertz CT molecular complexity index is 231. The van der Waals surface area contributed by atoms with Crippen molar-refractivity contribution >= 4 is 11.8 Å². The maximum atomic E-state index is 6.13. The number of methoxy groups -OCH3 is 1. The van der Waals surface area contributed by atoms with E-state index in [9.17, 15) is 0 Å². The lowest BCUT2D eigenvalue weighted by Gasteiger charge is -2.47. The van der Waals surface area contributed by atoms with Crippen molar-refractivity contribution in [3.05, 3.63) is 0 Å². The van der Waals surface area contributed by atoms with Crippen LogP contribution in [0.2, 0.25) is 0 Å². The van der Waals surface area contributed by atoms with Gasteiger partial charge in [-0.25, -0.2) is 0 Å². The van der Waals surface area contributed by atoms with Gasteiger partial charge in [-0.3, -0.25) is 4.90 Å². The fourth-order valence-corrected chi connectivity index (χ4v) is 4.20. The highest BCUT2D eigenvalue weighted by molar-refractivity contribution is 7.99. The average Bonchev–Trinajstić information content (AvgIpc) is 2.68. The SMILES string of the molecule is COC1CCCC(CN)(N2CCCSCC2)C1. The second-order valence-electron chi connectivity index (χ2n) is 5.34. The molecule has 0 bridgehead atoms. The summed E-state index contributed by atoms with van der Waals surface area (Å²) in [4.78, 5) is 2.66. The van der Waals surface area contributed by atoms with Crippen LogP contribution in [0.1, 0.15) is 32.1 Å². The maximum Gasteiger partial charge on any atom is 0.0589 e. The van der Waals surface area contributed by atoms with Crippen molar-refractivity contribution in [2.24, 2.45) is 5.73 Å². The lowest BCUT2D eigenvalue weighted by molar-refractivity contribution is -0.0191. The lowest BCUT2D eigenvalue weighted by Crippen LogP contribution is -2.58. The van der Waals surface area contributed by atoms with Crippen LogP contribution in [0.3, 0.4) is 0 Å². The number of ether oxygens (including phenoxy) is 1. The Hall–Kier alpha value is 0.230. The fourth-order valence-electron chi connectivity index (χ4n) is 3.31. The smallest absolute Gasteiger partial charge is 0.0589 e. The fraction of sp³-hybridized carbons (Fsp3) is 1.00. The number of nitrogens with two attached hydrogens (primary N) is 1. The Kier molecular flexibility index (Phi) is 5.15. The van der Waals surface area contributed by atoms with E-state index in [-0.39, 0.29) is 5.54 Å². The molecule has 0 aromatic heterocycles. The summed E-state index contributed by atoms with van der Waals surface area (Å²) in [5.41, 5.74) is 6.36. The van der Waals surface area contributed by atoms with Gasteiger partial charge >= 0.3 is 0 Å². The van der Waals surface area contributed by atoms with Gasteiger partial charge < -0.3 is 10.5 Å². The molecule has 2 unspecified atom stereocenters. The molecule has 0 aromatic rings. The standard InChI is InChI=1S/C13H26N2OS/c1-16-12-4-2-5-13(10-12,11-14)15-6-3-8-17-9-7-15/h12H,2-11,14H2,1H3. The lowest BCUT2D eigenvalue weighted by atomic mass is 9.78. The topological polar surface area (TPSA) is 38.5 Å². The molecule has 1 heterocycles. The van der Waals surface area contributed by atoms with Crippen LogP contribution in [-0.2, 0) is 4.74 Å². The zero-order valence-electron chi connectivity index (χ0n) is 11.0. The Morgan fingerprint density at radius 1 is 1.35 bits per heavy atom. The van der Waals surface area contributed by atoms with Crippen molar-refractivity contribution < 1.29 is 4.74 Å². The van der Waals surface area contributed by atoms with Crippen LogP contribution < -0.4 is 5.73 Å². The molecule has 0 radical (unpaired) electrons. The second-order valence-corrected chi connectivity index (χ2v) is 6.56. The van der Waals surface area contributed by atoms with E-state index < -0.39 is 0 Å². The Balaban J connectivity index is 2.05. The molecule has 0 aromatic carbocycles. The summed E-state index contributed by atoms with van der Waals surface area (Å²) in [6, 6.07) is 0. The molecule has 3 nitrogen and oxygen atoms in total. The molecule has 0 spiro atoms. The van der Waals surface area contributed by atoms with Gasteiger partial charge in [0, 0.05) is 31.5 Å². The van der Waals surface area contributed by atoms with Gasteiger partial charge in [-0.2, -0.15) is 11.8 Å². The van der Waals surface area contributed by atoms with Gasteiger partial charge in [-0.1, -0.05) is 0 Å². The summed E-state index contributed by atoms with van der Waals surface area (Å²) >= 11 is 2.09. The number of hydrogen-bond acceptors (Lipinski definition) is 4. The molecule has 1 saturated heterocycles. The Morgan fingerprint density at radius 3 is 3.00 bits per heavy atom. The maximum absolute atomic E-state index is 6.13. The van der Waals surface area contributed by atoms with Crippen LogP contribution in [0.5, 0.6) is 0 Å². The highest BCUT2D eigenvalue weighted by Crippen LogP contribution is 2.35. The quantitative estimate of drug-likeness (QED) is 0.836. The van der Waals surface area contributed by atoms with Crippen LogP contribution in [0.25, 0.3) is 0 Å². The molecular weight excluding hydrogens is 232 g/mol. The van der Waals surface area contributed by atoms with Gasteiger partial charge in [0.25, 0.3) is 0 Å². The van der Waals surface area contributed by atoms with Crippen molar-refractivity contribution in [1.29, 1.82) is 0 Å². The summed E-state index contributed by atoms with van der Waals surface area (Å²) in [7, 11) is 1.84. The van der Waals surface area contributed by atoms with Gasteiger partial charge in [0.05, 0.1) is 6.10 Å². The van der Waals surface area contributed by atoms with Crippen molar-refractivity contribution in [2.45, 2.75) is 43.7 Å². The molecule has 2 rings (SSSR count). The monoisotopic (exact) mass is 258 g/mol. The third-order valence-corrected chi connectivity index (χ3v) is 5.43. The van der Waals surface area contributed by atoms with Crippen LogP contribution >= 0.6 is 11.8 Å². The summed E-state index contributed by atoms with van der Waals surface area (Å²) in [6.07, 6.45) is 6.59. The van der Waals surface area contributed by atoms with Crippen LogP contribution in [-0.4, -0.2) is 54.8 Å². The molecule has 1 aliphatic carbocycles. The molecule has 100 valence electrons. The minimum absolute atomic E-state index is 0.226. The van der Waals surface area contributed by atoms with E-state index in [4.69, 9.17) is 10.5 Å². The zero-order valence-corrected chi connectivity index (χ0v) is 11.8. The second kappa shape index (κ2) is 6.41. The Morgan fingerprint density at radius 2 is 2.24 bits per heavy atom. The van der Waals surface area contributed by atoms with Gasteiger partial charge in [-0.15, -0.1) is 0 Å². The summed E-state index contributed by atoms with van der Waals surface area (Å²) < 4.78 is 5.58. The minimum Gasteiger partial charge on any atom is -0.381 e. The molecule has 2 fully saturated rings. The van der Waals surface area contributed by atoms with Crippen LogP contribution in [0.15, 0.2) is 0 Å². The van der Waals surface area contributed by atoms with E-state index in [0.717, 1.165) is 13.0 Å². The molecule has 4 heteroatoms. The molecule has 2 N–H and O–H groups in total. The van der Waals surface area contributed by atoms with Gasteiger partial charge in [0.1, 0.15) is 0 Å². The van der Waals surface area contributed by atoms with E-state index in [0.29, 0.717) is 6.10 Å². The molecule has 1 aliphatic heterocycles. The summed E-state index contributed by atoms with van der Waals surface area (Å²) in [5.74, 6) is 2.57. The highest BCUT2D eigenvalue weighted by atomic mass is 32.2. The van der Waals surface area contributed by atoms with Gasteiger partial charge in [0.15, 0.2) is 0 Å². The molecule has 0 amide bonds. The van der Waals surface area contributed by atoms with Crippen molar-refractivity contribution in [3.63, 3.8) is 0 Å². The van der Waals surface area contributed by atoms with E-state index in [2.05, 4.69) is 16.7 Å². The number of rotatable bonds is 3. The average molecular weight is 258 g/mol. The number of thioether (sulfide) groups is 1. The third kappa shape index (κ3) is 3.16.